The second-order valence-electron chi connectivity index (χ2n) is 5.03. The molecule has 0 spiro atoms. The van der Waals surface area contributed by atoms with E-state index in [1.54, 1.807) is 0 Å². The van der Waals surface area contributed by atoms with E-state index >= 15 is 0 Å². The van der Waals surface area contributed by atoms with Gasteiger partial charge in [-0.2, -0.15) is 0 Å². The van der Waals surface area contributed by atoms with Crippen molar-refractivity contribution in [2.45, 2.75) is 38.1 Å². The molecule has 1 aliphatic rings. The molecule has 1 aromatic rings. The molecular weight excluding hydrogens is 296 g/mol. The van der Waals surface area contributed by atoms with E-state index in [4.69, 9.17) is 5.73 Å². The van der Waals surface area contributed by atoms with Gasteiger partial charge in [0.1, 0.15) is 10.3 Å². The molecule has 100 valence electrons. The van der Waals surface area contributed by atoms with Crippen LogP contribution in [0.5, 0.6) is 0 Å². The van der Waals surface area contributed by atoms with Crippen molar-refractivity contribution in [2.75, 3.05) is 11.9 Å². The molecule has 0 saturated heterocycles. The molecule has 0 amide bonds. The second kappa shape index (κ2) is 5.40. The van der Waals surface area contributed by atoms with Gasteiger partial charge in [-0.25, -0.2) is 4.98 Å². The van der Waals surface area contributed by atoms with Crippen molar-refractivity contribution in [1.82, 2.24) is 9.97 Å². The van der Waals surface area contributed by atoms with Crippen LogP contribution in [-0.2, 0) is 0 Å². The van der Waals surface area contributed by atoms with Gasteiger partial charge >= 0.3 is 0 Å². The smallest absolute Gasteiger partial charge is 0.267 e. The topological polar surface area (TPSA) is 83.8 Å². The molecule has 1 aliphatic carbocycles. The highest BCUT2D eigenvalue weighted by atomic mass is 79.9. The molecule has 4 N–H and O–H groups in total. The molecule has 2 rings (SSSR count). The maximum absolute atomic E-state index is 11.5. The molecule has 1 saturated carbocycles. The maximum Gasteiger partial charge on any atom is 0.267 e. The van der Waals surface area contributed by atoms with Crippen molar-refractivity contribution in [3.63, 3.8) is 0 Å². The van der Waals surface area contributed by atoms with Crippen molar-refractivity contribution < 1.29 is 0 Å². The number of aromatic amines is 1. The Labute approximate surface area is 115 Å². The third-order valence-electron chi connectivity index (χ3n) is 3.98. The largest absolute Gasteiger partial charge is 0.362 e. The quantitative estimate of drug-likeness (QED) is 0.795. The van der Waals surface area contributed by atoms with Crippen LogP contribution in [0.3, 0.4) is 0 Å². The number of halogens is 1. The highest BCUT2D eigenvalue weighted by Crippen LogP contribution is 2.36. The lowest BCUT2D eigenvalue weighted by atomic mass is 9.73. The highest BCUT2D eigenvalue weighted by molar-refractivity contribution is 9.10. The summed E-state index contributed by atoms with van der Waals surface area (Å²) in [7, 11) is 0. The molecule has 1 fully saturated rings. The molecule has 0 radical (unpaired) electrons. The van der Waals surface area contributed by atoms with Crippen LogP contribution in [0.1, 0.15) is 32.6 Å². The number of nitrogens with zero attached hydrogens (tertiary/aromatic N) is 1. The average Bonchev–Trinajstić information content (AvgIpc) is 2.38. The number of H-pyrrole nitrogens is 1. The Hall–Kier alpha value is -0.880. The average molecular weight is 315 g/mol. The Morgan fingerprint density at radius 2 is 2.44 bits per heavy atom. The number of anilines is 1. The third kappa shape index (κ3) is 2.44. The minimum Gasteiger partial charge on any atom is -0.362 e. The summed E-state index contributed by atoms with van der Waals surface area (Å²) in [6.07, 6.45) is 5.99. The maximum atomic E-state index is 11.5. The molecule has 0 aromatic carbocycles. The van der Waals surface area contributed by atoms with Gasteiger partial charge in [0.25, 0.3) is 5.56 Å². The lowest BCUT2D eigenvalue weighted by molar-refractivity contribution is 0.235. The normalized spacial score (nSPS) is 28.1. The molecule has 5 nitrogen and oxygen atoms in total. The summed E-state index contributed by atoms with van der Waals surface area (Å²) in [6.45, 7) is 2.76. The van der Waals surface area contributed by atoms with Gasteiger partial charge < -0.3 is 16.0 Å². The third-order valence-corrected chi connectivity index (χ3v) is 4.72. The van der Waals surface area contributed by atoms with Crippen molar-refractivity contribution in [3.8, 4) is 0 Å². The number of rotatable bonds is 3. The molecular formula is C12H19BrN4O. The van der Waals surface area contributed by atoms with Gasteiger partial charge in [-0.05, 0) is 34.7 Å². The predicted molar refractivity (Wildman–Crippen MR) is 75.6 cm³/mol. The van der Waals surface area contributed by atoms with Crippen LogP contribution in [0, 0.1) is 5.92 Å². The first-order chi connectivity index (χ1) is 8.59. The molecule has 2 atom stereocenters. The summed E-state index contributed by atoms with van der Waals surface area (Å²) >= 11 is 3.27. The van der Waals surface area contributed by atoms with Crippen LogP contribution >= 0.6 is 15.9 Å². The second-order valence-corrected chi connectivity index (χ2v) is 5.82. The van der Waals surface area contributed by atoms with Crippen LogP contribution in [0.15, 0.2) is 15.6 Å². The number of nitrogens with two attached hydrogens (primary N) is 1. The molecule has 18 heavy (non-hydrogen) atoms. The Kier molecular flexibility index (Phi) is 4.07. The van der Waals surface area contributed by atoms with Gasteiger partial charge in [0.15, 0.2) is 0 Å². The van der Waals surface area contributed by atoms with E-state index in [0.717, 1.165) is 19.3 Å². The van der Waals surface area contributed by atoms with Crippen molar-refractivity contribution in [1.29, 1.82) is 0 Å². The summed E-state index contributed by atoms with van der Waals surface area (Å²) in [5.74, 6) is 1.06. The van der Waals surface area contributed by atoms with Crippen LogP contribution in [0.2, 0.25) is 0 Å². The van der Waals surface area contributed by atoms with E-state index in [1.165, 1.54) is 12.7 Å². The summed E-state index contributed by atoms with van der Waals surface area (Å²) < 4.78 is 0.440. The van der Waals surface area contributed by atoms with Gasteiger partial charge in [0.05, 0.1) is 11.9 Å². The van der Waals surface area contributed by atoms with Crippen LogP contribution in [-0.4, -0.2) is 22.1 Å². The number of hydrogen-bond donors (Lipinski definition) is 3. The molecule has 2 unspecified atom stereocenters. The van der Waals surface area contributed by atoms with E-state index in [-0.39, 0.29) is 11.1 Å². The van der Waals surface area contributed by atoms with Crippen LogP contribution in [0.25, 0.3) is 0 Å². The van der Waals surface area contributed by atoms with Crippen LogP contribution in [0.4, 0.5) is 5.82 Å². The molecule has 0 bridgehead atoms. The first-order valence-corrected chi connectivity index (χ1v) is 7.10. The van der Waals surface area contributed by atoms with E-state index in [1.807, 2.05) is 0 Å². The number of nitrogens with one attached hydrogen (secondary N) is 2. The minimum atomic E-state index is -0.178. The zero-order chi connectivity index (χ0) is 13.2. The Morgan fingerprint density at radius 3 is 3.11 bits per heavy atom. The van der Waals surface area contributed by atoms with E-state index in [2.05, 4.69) is 38.1 Å². The van der Waals surface area contributed by atoms with E-state index < -0.39 is 0 Å². The minimum absolute atomic E-state index is 0.151. The molecule has 6 heteroatoms. The fourth-order valence-electron chi connectivity index (χ4n) is 2.66. The first-order valence-electron chi connectivity index (χ1n) is 6.30. The molecule has 1 heterocycles. The van der Waals surface area contributed by atoms with Gasteiger partial charge in [-0.3, -0.25) is 4.79 Å². The highest BCUT2D eigenvalue weighted by Gasteiger charge is 2.37. The number of aromatic nitrogens is 2. The Morgan fingerprint density at radius 1 is 1.67 bits per heavy atom. The standard InChI is InChI=1S/C12H19BrN4O/c1-8-4-2-3-5-12(8,6-14)17-10-9(13)11(18)16-7-15-10/h7-8H,2-6,14H2,1H3,(H2,15,16,17,18). The fourth-order valence-corrected chi connectivity index (χ4v) is 2.98. The predicted octanol–water partition coefficient (Wildman–Crippen LogP) is 1.85. The van der Waals surface area contributed by atoms with Gasteiger partial charge in [0, 0.05) is 6.54 Å². The summed E-state index contributed by atoms with van der Waals surface area (Å²) in [5, 5.41) is 3.40. The van der Waals surface area contributed by atoms with Crippen molar-refractivity contribution >= 4 is 21.7 Å². The van der Waals surface area contributed by atoms with E-state index in [0.29, 0.717) is 22.8 Å². The first kappa shape index (κ1) is 13.5. The summed E-state index contributed by atoms with van der Waals surface area (Å²) in [5.41, 5.74) is 5.64. The van der Waals surface area contributed by atoms with Crippen molar-refractivity contribution in [3.05, 3.63) is 21.2 Å². The lowest BCUT2D eigenvalue weighted by Crippen LogP contribution is -2.52. The van der Waals surface area contributed by atoms with Gasteiger partial charge in [-0.1, -0.05) is 19.8 Å². The molecule has 1 aromatic heterocycles. The van der Waals surface area contributed by atoms with Gasteiger partial charge in [0.2, 0.25) is 0 Å². The van der Waals surface area contributed by atoms with Crippen molar-refractivity contribution in [2.24, 2.45) is 11.7 Å². The van der Waals surface area contributed by atoms with E-state index in [9.17, 15) is 4.79 Å². The zero-order valence-electron chi connectivity index (χ0n) is 10.5. The SMILES string of the molecule is CC1CCCCC1(CN)Nc1nc[nH]c(=O)c1Br. The van der Waals surface area contributed by atoms with Crippen LogP contribution < -0.4 is 16.6 Å². The molecule has 0 aliphatic heterocycles. The Bertz CT molecular complexity index is 475. The monoisotopic (exact) mass is 314 g/mol. The summed E-state index contributed by atoms with van der Waals surface area (Å²) in [4.78, 5) is 18.3. The Balaban J connectivity index is 2.30. The summed E-state index contributed by atoms with van der Waals surface area (Å²) in [6, 6.07) is 0. The lowest BCUT2D eigenvalue weighted by Gasteiger charge is -2.43. The zero-order valence-corrected chi connectivity index (χ0v) is 12.1. The number of hydrogen-bond acceptors (Lipinski definition) is 4. The fraction of sp³-hybridized carbons (Fsp3) is 0.667. The van der Waals surface area contributed by atoms with Gasteiger partial charge in [-0.15, -0.1) is 0 Å².